The molecular weight excluding hydrogens is 648 g/mol. The highest BCUT2D eigenvalue weighted by atomic mass is 16.6. The molecule has 0 rings (SSSR count). The fourth-order valence-electron chi connectivity index (χ4n) is 6.10. The quantitative estimate of drug-likeness (QED) is 0.0271. The van der Waals surface area contributed by atoms with Crippen molar-refractivity contribution in [2.75, 3.05) is 13.2 Å². The summed E-state index contributed by atoms with van der Waals surface area (Å²) in [7, 11) is 0. The molecule has 6 heteroatoms. The Balaban J connectivity index is 4.35. The van der Waals surface area contributed by atoms with Crippen molar-refractivity contribution < 1.29 is 28.6 Å². The van der Waals surface area contributed by atoms with E-state index in [1.54, 1.807) is 0 Å². The van der Waals surface area contributed by atoms with Crippen LogP contribution in [0.1, 0.15) is 220 Å². The average molecular weight is 731 g/mol. The first kappa shape index (κ1) is 49.6. The fourth-order valence-corrected chi connectivity index (χ4v) is 6.10. The van der Waals surface area contributed by atoms with Crippen LogP contribution in [-0.4, -0.2) is 37.2 Å². The first-order valence-corrected chi connectivity index (χ1v) is 22.0. The molecule has 0 aromatic carbocycles. The van der Waals surface area contributed by atoms with Crippen molar-refractivity contribution in [3.05, 3.63) is 36.5 Å². The summed E-state index contributed by atoms with van der Waals surface area (Å²) in [6.07, 6.45) is 45.5. The van der Waals surface area contributed by atoms with E-state index in [1.165, 1.54) is 83.5 Å². The van der Waals surface area contributed by atoms with Gasteiger partial charge in [0.25, 0.3) is 0 Å². The second kappa shape index (κ2) is 41.4. The third kappa shape index (κ3) is 38.9. The lowest BCUT2D eigenvalue weighted by Gasteiger charge is -2.18. The van der Waals surface area contributed by atoms with Crippen LogP contribution in [0.4, 0.5) is 0 Å². The molecule has 0 aromatic heterocycles. The predicted octanol–water partition coefficient (Wildman–Crippen LogP) is 13.8. The van der Waals surface area contributed by atoms with Gasteiger partial charge in [-0.25, -0.2) is 0 Å². The molecule has 0 saturated carbocycles. The van der Waals surface area contributed by atoms with Crippen molar-refractivity contribution in [3.63, 3.8) is 0 Å². The van der Waals surface area contributed by atoms with E-state index in [1.807, 2.05) is 0 Å². The van der Waals surface area contributed by atoms with E-state index in [0.717, 1.165) is 96.3 Å². The van der Waals surface area contributed by atoms with Gasteiger partial charge in [-0.05, 0) is 51.4 Å². The summed E-state index contributed by atoms with van der Waals surface area (Å²) in [6, 6.07) is 0. The van der Waals surface area contributed by atoms with Gasteiger partial charge in [0.2, 0.25) is 0 Å². The van der Waals surface area contributed by atoms with E-state index >= 15 is 0 Å². The highest BCUT2D eigenvalue weighted by Gasteiger charge is 2.19. The minimum atomic E-state index is -0.770. The van der Waals surface area contributed by atoms with Gasteiger partial charge in [-0.15, -0.1) is 0 Å². The molecule has 0 amide bonds. The zero-order valence-electron chi connectivity index (χ0n) is 34.3. The monoisotopic (exact) mass is 731 g/mol. The molecule has 1 unspecified atom stereocenters. The largest absolute Gasteiger partial charge is 0.462 e. The average Bonchev–Trinajstić information content (AvgIpc) is 3.14. The number of allylic oxidation sites excluding steroid dienone is 6. The lowest BCUT2D eigenvalue weighted by Crippen LogP contribution is -2.30. The highest BCUT2D eigenvalue weighted by Crippen LogP contribution is 2.14. The van der Waals surface area contributed by atoms with Gasteiger partial charge in [-0.3, -0.25) is 14.4 Å². The standard InChI is InChI=1S/C46H82O6/c1-4-7-10-13-16-19-21-22-23-24-25-28-30-33-36-39-45(48)51-42-43(41-50-44(47)38-35-32-29-26-18-15-12-9-6-3)52-46(49)40-37-34-31-27-20-17-14-11-8-5-2/h7,10,16,19,22-23,43H,4-6,8-9,11-15,17-18,20-21,24-42H2,1-3H3/b10-7-,19-16-,23-22-. The SMILES string of the molecule is CC/C=C\C/C=C\C/C=C\CCCCCCCC(=O)OCC(COC(=O)CCCCCCCCCCC)OC(=O)CCCCCCCCCCCC. The molecule has 0 radical (unpaired) electrons. The Kier molecular flexibility index (Phi) is 39.5. The van der Waals surface area contributed by atoms with E-state index in [4.69, 9.17) is 14.2 Å². The van der Waals surface area contributed by atoms with Crippen LogP contribution < -0.4 is 0 Å². The molecule has 0 aliphatic heterocycles. The Morgan fingerprint density at radius 1 is 0.404 bits per heavy atom. The number of unbranched alkanes of at least 4 members (excludes halogenated alkanes) is 22. The number of hydrogen-bond donors (Lipinski definition) is 0. The molecule has 0 aliphatic carbocycles. The molecule has 0 aliphatic rings. The Morgan fingerprint density at radius 2 is 0.750 bits per heavy atom. The zero-order chi connectivity index (χ0) is 38.0. The molecule has 0 aromatic rings. The van der Waals surface area contributed by atoms with Crippen LogP contribution in [0, 0.1) is 0 Å². The number of hydrogen-bond acceptors (Lipinski definition) is 6. The first-order valence-electron chi connectivity index (χ1n) is 22.0. The van der Waals surface area contributed by atoms with Crippen molar-refractivity contribution in [2.24, 2.45) is 0 Å². The third-order valence-electron chi connectivity index (χ3n) is 9.41. The van der Waals surface area contributed by atoms with Crippen LogP contribution in [0.5, 0.6) is 0 Å². The Labute approximate surface area is 321 Å². The summed E-state index contributed by atoms with van der Waals surface area (Å²) in [6.45, 7) is 6.47. The van der Waals surface area contributed by atoms with Crippen LogP contribution in [0.2, 0.25) is 0 Å². The van der Waals surface area contributed by atoms with E-state index < -0.39 is 6.10 Å². The molecule has 0 heterocycles. The first-order chi connectivity index (χ1) is 25.5. The third-order valence-corrected chi connectivity index (χ3v) is 9.41. The molecule has 1 atom stereocenters. The number of rotatable bonds is 39. The van der Waals surface area contributed by atoms with Gasteiger partial charge in [0, 0.05) is 19.3 Å². The van der Waals surface area contributed by atoms with Gasteiger partial charge in [-0.1, -0.05) is 186 Å². The van der Waals surface area contributed by atoms with E-state index in [9.17, 15) is 14.4 Å². The van der Waals surface area contributed by atoms with Crippen LogP contribution in [0.15, 0.2) is 36.5 Å². The molecule has 0 saturated heterocycles. The summed E-state index contributed by atoms with van der Waals surface area (Å²) in [5, 5.41) is 0. The Morgan fingerprint density at radius 3 is 1.17 bits per heavy atom. The van der Waals surface area contributed by atoms with E-state index in [0.29, 0.717) is 19.3 Å². The minimum absolute atomic E-state index is 0.0751. The van der Waals surface area contributed by atoms with Crippen LogP contribution in [0.25, 0.3) is 0 Å². The molecule has 52 heavy (non-hydrogen) atoms. The second-order valence-corrected chi connectivity index (χ2v) is 14.6. The molecule has 0 bridgehead atoms. The van der Waals surface area contributed by atoms with E-state index in [-0.39, 0.29) is 31.1 Å². The van der Waals surface area contributed by atoms with Gasteiger partial charge in [-0.2, -0.15) is 0 Å². The zero-order valence-corrected chi connectivity index (χ0v) is 34.3. The lowest BCUT2D eigenvalue weighted by atomic mass is 10.1. The van der Waals surface area contributed by atoms with Gasteiger partial charge in [0.1, 0.15) is 13.2 Å². The van der Waals surface area contributed by atoms with Crippen molar-refractivity contribution in [3.8, 4) is 0 Å². The highest BCUT2D eigenvalue weighted by molar-refractivity contribution is 5.71. The maximum Gasteiger partial charge on any atom is 0.306 e. The smallest absolute Gasteiger partial charge is 0.306 e. The summed E-state index contributed by atoms with van der Waals surface area (Å²) in [4.78, 5) is 37.6. The summed E-state index contributed by atoms with van der Waals surface area (Å²) < 4.78 is 16.6. The molecule has 6 nitrogen and oxygen atoms in total. The van der Waals surface area contributed by atoms with Crippen LogP contribution in [-0.2, 0) is 28.6 Å². The molecule has 0 spiro atoms. The van der Waals surface area contributed by atoms with Gasteiger partial charge in [0.15, 0.2) is 6.10 Å². The molecular formula is C46H82O6. The van der Waals surface area contributed by atoms with Crippen molar-refractivity contribution in [2.45, 2.75) is 226 Å². The number of ether oxygens (including phenoxy) is 3. The second-order valence-electron chi connectivity index (χ2n) is 14.6. The van der Waals surface area contributed by atoms with Gasteiger partial charge in [0.05, 0.1) is 0 Å². The van der Waals surface area contributed by atoms with Crippen molar-refractivity contribution >= 4 is 17.9 Å². The molecule has 302 valence electrons. The predicted molar refractivity (Wildman–Crippen MR) is 219 cm³/mol. The summed E-state index contributed by atoms with van der Waals surface area (Å²) in [5.74, 6) is -0.896. The van der Waals surface area contributed by atoms with Crippen LogP contribution in [0.3, 0.4) is 0 Å². The number of esters is 3. The maximum absolute atomic E-state index is 12.7. The number of carbonyl (C=O) groups excluding carboxylic acids is 3. The fraction of sp³-hybridized carbons (Fsp3) is 0.804. The number of carbonyl (C=O) groups is 3. The summed E-state index contributed by atoms with van der Waals surface area (Å²) >= 11 is 0. The maximum atomic E-state index is 12.7. The van der Waals surface area contributed by atoms with Gasteiger partial charge < -0.3 is 14.2 Å². The van der Waals surface area contributed by atoms with Crippen LogP contribution >= 0.6 is 0 Å². The molecule has 0 fully saturated rings. The summed E-state index contributed by atoms with van der Waals surface area (Å²) in [5.41, 5.74) is 0. The molecule has 0 N–H and O–H groups in total. The minimum Gasteiger partial charge on any atom is -0.462 e. The lowest BCUT2D eigenvalue weighted by molar-refractivity contribution is -0.167. The van der Waals surface area contributed by atoms with Crippen molar-refractivity contribution in [1.29, 1.82) is 0 Å². The van der Waals surface area contributed by atoms with E-state index in [2.05, 4.69) is 57.2 Å². The normalized spacial score (nSPS) is 12.3. The van der Waals surface area contributed by atoms with Gasteiger partial charge >= 0.3 is 17.9 Å². The van der Waals surface area contributed by atoms with Crippen molar-refractivity contribution in [1.82, 2.24) is 0 Å². The Hall–Kier alpha value is -2.37. The topological polar surface area (TPSA) is 78.9 Å². The Bertz CT molecular complexity index is 891.